The number of rotatable bonds is 51. The second-order valence-corrected chi connectivity index (χ2v) is 22.5. The summed E-state index contributed by atoms with van der Waals surface area (Å²) in [5, 5.41) is 86.0. The molecule has 0 radical (unpaired) electrons. The number of aliphatic hydroxyl groups excluding tert-OH is 8. The van der Waals surface area contributed by atoms with Gasteiger partial charge in [0.05, 0.1) is 32.0 Å². The number of amides is 1. The summed E-state index contributed by atoms with van der Waals surface area (Å²) in [7, 11) is 0. The van der Waals surface area contributed by atoms with Crippen LogP contribution in [0, 0.1) is 0 Å². The molecule has 2 rings (SSSR count). The molecule has 2 aliphatic heterocycles. The Morgan fingerprint density at radius 1 is 0.461 bits per heavy atom. The van der Waals surface area contributed by atoms with Crippen LogP contribution < -0.4 is 5.32 Å². The first kappa shape index (κ1) is 70.6. The number of ether oxygens (including phenoxy) is 4. The monoisotopic (exact) mass is 1080 g/mol. The quantitative estimate of drug-likeness (QED) is 0.0204. The fraction of sp³-hybridized carbons (Fsp3) is 0.919. The molecule has 0 aliphatic carbocycles. The van der Waals surface area contributed by atoms with E-state index in [0.717, 1.165) is 32.1 Å². The normalized spacial score (nSPS) is 25.0. The standard InChI is InChI=1S/C62H117NO13/c1-3-5-7-8-9-10-11-12-13-14-15-16-17-18-19-20-21-22-23-24-25-26-27-28-29-30-31-32-33-34-35-36-37-38-39-40-41-42-44-46-54(67)63-50(51(66)45-43-6-4-2)49-73-61-59(72)57(70)60(53(48-65)75-61)76-62-58(71)56(69)55(68)52(47-64)74-62/h14-15,43,45,50-53,55-62,64-66,68-72H,3-13,16-42,44,46-49H2,1-2H3,(H,63,67)/b15-14-,45-43+. The number of carbonyl (C=O) groups is 1. The Morgan fingerprint density at radius 3 is 1.28 bits per heavy atom. The Hall–Kier alpha value is -1.53. The van der Waals surface area contributed by atoms with E-state index in [9.17, 15) is 45.6 Å². The van der Waals surface area contributed by atoms with E-state index in [1.807, 2.05) is 13.0 Å². The molecule has 0 aromatic heterocycles. The molecule has 0 bridgehead atoms. The molecule has 448 valence electrons. The van der Waals surface area contributed by atoms with Crippen LogP contribution in [0.5, 0.6) is 0 Å². The molecular formula is C62H117NO13. The molecule has 0 saturated carbocycles. The molecule has 2 aliphatic rings. The molecule has 14 nitrogen and oxygen atoms in total. The summed E-state index contributed by atoms with van der Waals surface area (Å²) in [4.78, 5) is 13.0. The lowest BCUT2D eigenvalue weighted by Crippen LogP contribution is -2.65. The van der Waals surface area contributed by atoms with E-state index in [-0.39, 0.29) is 18.9 Å². The van der Waals surface area contributed by atoms with Crippen molar-refractivity contribution >= 4 is 5.91 Å². The highest BCUT2D eigenvalue weighted by Crippen LogP contribution is 2.30. The molecular weight excluding hydrogens is 967 g/mol. The van der Waals surface area contributed by atoms with Gasteiger partial charge in [-0.3, -0.25) is 4.79 Å². The molecule has 1 amide bonds. The van der Waals surface area contributed by atoms with Crippen LogP contribution in [0.3, 0.4) is 0 Å². The zero-order valence-electron chi connectivity index (χ0n) is 48.3. The van der Waals surface area contributed by atoms with Gasteiger partial charge in [-0.25, -0.2) is 0 Å². The number of hydrogen-bond donors (Lipinski definition) is 9. The Balaban J connectivity index is 1.42. The van der Waals surface area contributed by atoms with E-state index < -0.39 is 86.8 Å². The van der Waals surface area contributed by atoms with Gasteiger partial charge in [0.1, 0.15) is 48.8 Å². The number of carbonyl (C=O) groups excluding carboxylic acids is 1. The first-order chi connectivity index (χ1) is 37.1. The van der Waals surface area contributed by atoms with Crippen LogP contribution >= 0.6 is 0 Å². The zero-order chi connectivity index (χ0) is 55.3. The predicted molar refractivity (Wildman–Crippen MR) is 305 cm³/mol. The van der Waals surface area contributed by atoms with E-state index in [1.54, 1.807) is 6.08 Å². The lowest BCUT2D eigenvalue weighted by molar-refractivity contribution is -0.359. The molecule has 0 spiro atoms. The molecule has 12 unspecified atom stereocenters. The third kappa shape index (κ3) is 33.3. The van der Waals surface area contributed by atoms with Crippen molar-refractivity contribution in [3.05, 3.63) is 24.3 Å². The number of hydrogen-bond acceptors (Lipinski definition) is 13. The van der Waals surface area contributed by atoms with Crippen LogP contribution in [0.25, 0.3) is 0 Å². The molecule has 0 aromatic rings. The fourth-order valence-corrected chi connectivity index (χ4v) is 10.5. The van der Waals surface area contributed by atoms with Crippen molar-refractivity contribution in [3.63, 3.8) is 0 Å². The second kappa shape index (κ2) is 48.2. The first-order valence-electron chi connectivity index (χ1n) is 31.6. The van der Waals surface area contributed by atoms with Crippen molar-refractivity contribution in [2.24, 2.45) is 0 Å². The van der Waals surface area contributed by atoms with Crippen LogP contribution in [0.2, 0.25) is 0 Å². The second-order valence-electron chi connectivity index (χ2n) is 22.5. The third-order valence-corrected chi connectivity index (χ3v) is 15.6. The molecule has 14 heteroatoms. The zero-order valence-corrected chi connectivity index (χ0v) is 48.3. The summed E-state index contributed by atoms with van der Waals surface area (Å²) in [6.45, 7) is 2.58. The predicted octanol–water partition coefficient (Wildman–Crippen LogP) is 11.2. The minimum atomic E-state index is -1.78. The van der Waals surface area contributed by atoms with Gasteiger partial charge in [-0.05, 0) is 38.5 Å². The lowest BCUT2D eigenvalue weighted by Gasteiger charge is -2.46. The van der Waals surface area contributed by atoms with Gasteiger partial charge in [0.15, 0.2) is 12.6 Å². The van der Waals surface area contributed by atoms with Crippen molar-refractivity contribution in [2.45, 2.75) is 344 Å². The fourth-order valence-electron chi connectivity index (χ4n) is 10.5. The van der Waals surface area contributed by atoms with Gasteiger partial charge < -0.3 is 65.1 Å². The average Bonchev–Trinajstić information content (AvgIpc) is 3.42. The van der Waals surface area contributed by atoms with E-state index in [0.29, 0.717) is 6.42 Å². The van der Waals surface area contributed by atoms with Gasteiger partial charge in [-0.2, -0.15) is 0 Å². The van der Waals surface area contributed by atoms with Crippen LogP contribution in [0.1, 0.15) is 271 Å². The number of unbranched alkanes of at least 4 members (excludes halogenated alkanes) is 36. The topological polar surface area (TPSA) is 228 Å². The van der Waals surface area contributed by atoms with Gasteiger partial charge in [0.25, 0.3) is 0 Å². The summed E-state index contributed by atoms with van der Waals surface area (Å²) >= 11 is 0. The highest BCUT2D eigenvalue weighted by atomic mass is 16.7. The van der Waals surface area contributed by atoms with E-state index in [4.69, 9.17) is 18.9 Å². The molecule has 12 atom stereocenters. The lowest BCUT2D eigenvalue weighted by atomic mass is 9.97. The molecule has 9 N–H and O–H groups in total. The minimum absolute atomic E-state index is 0.247. The smallest absolute Gasteiger partial charge is 0.220 e. The number of allylic oxidation sites excluding steroid dienone is 3. The maximum atomic E-state index is 13.0. The highest BCUT2D eigenvalue weighted by molar-refractivity contribution is 5.76. The largest absolute Gasteiger partial charge is 0.394 e. The maximum absolute atomic E-state index is 13.0. The van der Waals surface area contributed by atoms with Crippen molar-refractivity contribution in [1.82, 2.24) is 5.32 Å². The van der Waals surface area contributed by atoms with Gasteiger partial charge in [0, 0.05) is 6.42 Å². The van der Waals surface area contributed by atoms with Crippen LogP contribution in [-0.4, -0.2) is 140 Å². The number of nitrogens with one attached hydrogen (secondary N) is 1. The van der Waals surface area contributed by atoms with E-state index >= 15 is 0 Å². The Morgan fingerprint density at radius 2 is 0.855 bits per heavy atom. The SMILES string of the molecule is CCC/C=C/C(O)C(COC1OC(CO)C(OC2OC(CO)C(O)C(O)C2O)C(O)C1O)NC(=O)CCCCCCCCCCCCCCCCCCCCCCCCCCCCC/C=C\CCCCCCCCCC. The molecule has 2 saturated heterocycles. The van der Waals surface area contributed by atoms with Crippen LogP contribution in [-0.2, 0) is 23.7 Å². The summed E-state index contributed by atoms with van der Waals surface area (Å²) in [5.41, 5.74) is 0. The minimum Gasteiger partial charge on any atom is -0.394 e. The summed E-state index contributed by atoms with van der Waals surface area (Å²) < 4.78 is 22.5. The van der Waals surface area contributed by atoms with Gasteiger partial charge in [-0.15, -0.1) is 0 Å². The van der Waals surface area contributed by atoms with Crippen molar-refractivity contribution in [3.8, 4) is 0 Å². The van der Waals surface area contributed by atoms with Crippen LogP contribution in [0.15, 0.2) is 24.3 Å². The first-order valence-corrected chi connectivity index (χ1v) is 31.6. The van der Waals surface area contributed by atoms with Gasteiger partial charge in [0.2, 0.25) is 5.91 Å². The van der Waals surface area contributed by atoms with Crippen molar-refractivity contribution in [2.75, 3.05) is 19.8 Å². The Labute approximate surface area is 462 Å². The molecule has 0 aromatic carbocycles. The van der Waals surface area contributed by atoms with Crippen molar-refractivity contribution < 1.29 is 64.6 Å². The summed E-state index contributed by atoms with van der Waals surface area (Å²) in [6.07, 6.45) is 42.7. The maximum Gasteiger partial charge on any atom is 0.220 e. The molecule has 76 heavy (non-hydrogen) atoms. The van der Waals surface area contributed by atoms with Gasteiger partial charge in [-0.1, -0.05) is 250 Å². The molecule has 2 fully saturated rings. The summed E-state index contributed by atoms with van der Waals surface area (Å²) in [5.74, 6) is -0.247. The summed E-state index contributed by atoms with van der Waals surface area (Å²) in [6, 6.07) is -0.907. The third-order valence-electron chi connectivity index (χ3n) is 15.6. The van der Waals surface area contributed by atoms with Crippen LogP contribution in [0.4, 0.5) is 0 Å². The van der Waals surface area contributed by atoms with Gasteiger partial charge >= 0.3 is 0 Å². The van der Waals surface area contributed by atoms with E-state index in [1.165, 1.54) is 212 Å². The number of aliphatic hydroxyl groups is 8. The highest BCUT2D eigenvalue weighted by Gasteiger charge is 2.51. The Bertz CT molecular complexity index is 1370. The average molecular weight is 1080 g/mol. The molecule has 2 heterocycles. The Kier molecular flexibility index (Phi) is 44.8. The van der Waals surface area contributed by atoms with Crippen molar-refractivity contribution in [1.29, 1.82) is 0 Å². The van der Waals surface area contributed by atoms with E-state index in [2.05, 4.69) is 24.4 Å².